The largest absolute Gasteiger partial charge is 0.439 e. The van der Waals surface area contributed by atoms with Crippen LogP contribution < -0.4 is 15.2 Å². The van der Waals surface area contributed by atoms with E-state index in [2.05, 4.69) is 22.7 Å². The zero-order valence-corrected chi connectivity index (χ0v) is 17.6. The summed E-state index contributed by atoms with van der Waals surface area (Å²) in [6, 6.07) is 25.5. The number of nitrogens with one attached hydrogen (secondary N) is 1. The highest BCUT2D eigenvalue weighted by molar-refractivity contribution is 8.00. The van der Waals surface area contributed by atoms with Crippen molar-refractivity contribution in [2.24, 2.45) is 0 Å². The third-order valence-corrected chi connectivity index (χ3v) is 5.32. The van der Waals surface area contributed by atoms with Gasteiger partial charge in [-0.2, -0.15) is 4.98 Å². The lowest BCUT2D eigenvalue weighted by Gasteiger charge is -2.12. The van der Waals surface area contributed by atoms with Crippen LogP contribution in [0.2, 0.25) is 0 Å². The van der Waals surface area contributed by atoms with Crippen molar-refractivity contribution in [3.05, 3.63) is 90.0 Å². The average molecular weight is 415 g/mol. The highest BCUT2D eigenvalue weighted by Crippen LogP contribution is 2.30. The Bertz CT molecular complexity index is 1180. The summed E-state index contributed by atoms with van der Waals surface area (Å²) < 4.78 is 9.32. The van der Waals surface area contributed by atoms with Crippen LogP contribution in [-0.4, -0.2) is 9.97 Å². The third kappa shape index (κ3) is 4.72. The van der Waals surface area contributed by atoms with Crippen molar-refractivity contribution in [3.63, 3.8) is 0 Å². The Kier molecular flexibility index (Phi) is 5.86. The predicted molar refractivity (Wildman–Crippen MR) is 124 cm³/mol. The fraction of sp³-hybridized carbons (Fsp3) is 0.0833. The first-order valence-corrected chi connectivity index (χ1v) is 10.4. The molecule has 3 aromatic carbocycles. The number of aryl methyl sites for hydroxylation is 2. The van der Waals surface area contributed by atoms with Gasteiger partial charge in [-0.3, -0.25) is 4.72 Å². The fourth-order valence-corrected chi connectivity index (χ4v) is 3.63. The minimum atomic E-state index is 0.465. The molecule has 5 nitrogen and oxygen atoms in total. The van der Waals surface area contributed by atoms with E-state index in [0.717, 1.165) is 33.0 Å². The first kappa shape index (κ1) is 19.8. The van der Waals surface area contributed by atoms with E-state index < -0.39 is 0 Å². The minimum absolute atomic E-state index is 0.465. The Balaban J connectivity index is 1.68. The van der Waals surface area contributed by atoms with Gasteiger partial charge in [0.25, 0.3) is 0 Å². The molecule has 6 heteroatoms. The number of ether oxygens (including phenoxy) is 1. The zero-order chi connectivity index (χ0) is 20.9. The lowest BCUT2D eigenvalue weighted by molar-refractivity contribution is 0.459. The number of nitrogen functional groups attached to an aromatic ring is 1. The predicted octanol–water partition coefficient (Wildman–Crippen LogP) is 6.25. The molecule has 0 aliphatic heterocycles. The number of nitrogens with two attached hydrogens (primary N) is 1. The summed E-state index contributed by atoms with van der Waals surface area (Å²) >= 11 is 1.40. The van der Waals surface area contributed by atoms with E-state index in [1.54, 1.807) is 0 Å². The molecule has 30 heavy (non-hydrogen) atoms. The molecule has 0 spiro atoms. The number of hydrogen-bond acceptors (Lipinski definition) is 6. The maximum atomic E-state index is 6.10. The standard InChI is InChI=1S/C24H22N4OS/c1-16-8-3-5-12-20(16)21-15-23(29-22-13-6-4-9-17(22)2)27-24(26-21)28-30-19-11-7-10-18(25)14-19/h3-15H,25H2,1-2H3,(H,26,27,28). The second kappa shape index (κ2) is 8.88. The quantitative estimate of drug-likeness (QED) is 0.287. The summed E-state index contributed by atoms with van der Waals surface area (Å²) in [7, 11) is 0. The Morgan fingerprint density at radius 3 is 2.37 bits per heavy atom. The lowest BCUT2D eigenvalue weighted by Crippen LogP contribution is -2.00. The molecule has 0 unspecified atom stereocenters. The molecule has 0 saturated carbocycles. The minimum Gasteiger partial charge on any atom is -0.439 e. The summed E-state index contributed by atoms with van der Waals surface area (Å²) in [4.78, 5) is 10.3. The molecule has 0 aliphatic rings. The summed E-state index contributed by atoms with van der Waals surface area (Å²) in [6.45, 7) is 4.07. The van der Waals surface area contributed by atoms with Gasteiger partial charge in [0.05, 0.1) is 5.69 Å². The monoisotopic (exact) mass is 414 g/mol. The molecule has 0 radical (unpaired) electrons. The van der Waals surface area contributed by atoms with Gasteiger partial charge in [0.15, 0.2) is 0 Å². The van der Waals surface area contributed by atoms with Crippen molar-refractivity contribution in [2.45, 2.75) is 18.7 Å². The molecule has 0 aliphatic carbocycles. The SMILES string of the molecule is Cc1ccccc1Oc1cc(-c2ccccc2C)nc(NSc2cccc(N)c2)n1. The molecule has 3 N–H and O–H groups in total. The van der Waals surface area contributed by atoms with Gasteiger partial charge >= 0.3 is 0 Å². The Labute approximate surface area is 180 Å². The maximum Gasteiger partial charge on any atom is 0.237 e. The van der Waals surface area contributed by atoms with E-state index >= 15 is 0 Å². The van der Waals surface area contributed by atoms with Crippen molar-refractivity contribution in [1.82, 2.24) is 9.97 Å². The van der Waals surface area contributed by atoms with Crippen LogP contribution in [0.5, 0.6) is 11.6 Å². The number of rotatable bonds is 6. The second-order valence-corrected chi connectivity index (χ2v) is 7.75. The first-order valence-electron chi connectivity index (χ1n) is 9.55. The molecule has 0 bridgehead atoms. The van der Waals surface area contributed by atoms with Gasteiger partial charge in [-0.05, 0) is 61.2 Å². The number of aromatic nitrogens is 2. The van der Waals surface area contributed by atoms with Crippen LogP contribution in [0.25, 0.3) is 11.3 Å². The Morgan fingerprint density at radius 1 is 0.833 bits per heavy atom. The van der Waals surface area contributed by atoms with Crippen LogP contribution in [0.1, 0.15) is 11.1 Å². The normalized spacial score (nSPS) is 10.6. The number of nitrogens with zero attached hydrogens (tertiary/aromatic N) is 2. The molecule has 0 saturated heterocycles. The molecular formula is C24H22N4OS. The van der Waals surface area contributed by atoms with E-state index in [1.165, 1.54) is 11.9 Å². The molecule has 4 aromatic rings. The van der Waals surface area contributed by atoms with Crippen molar-refractivity contribution in [3.8, 4) is 22.9 Å². The third-order valence-electron chi connectivity index (χ3n) is 4.55. The van der Waals surface area contributed by atoms with Crippen LogP contribution in [0, 0.1) is 13.8 Å². The lowest BCUT2D eigenvalue weighted by atomic mass is 10.1. The van der Waals surface area contributed by atoms with Gasteiger partial charge in [0, 0.05) is 22.2 Å². The van der Waals surface area contributed by atoms with Crippen LogP contribution in [-0.2, 0) is 0 Å². The van der Waals surface area contributed by atoms with Crippen molar-refractivity contribution in [2.75, 3.05) is 10.5 Å². The smallest absolute Gasteiger partial charge is 0.237 e. The van der Waals surface area contributed by atoms with Crippen LogP contribution >= 0.6 is 11.9 Å². The molecule has 0 amide bonds. The summed E-state index contributed by atoms with van der Waals surface area (Å²) in [5, 5.41) is 0. The van der Waals surface area contributed by atoms with Gasteiger partial charge in [-0.1, -0.05) is 48.5 Å². The zero-order valence-electron chi connectivity index (χ0n) is 16.8. The van der Waals surface area contributed by atoms with Gasteiger partial charge < -0.3 is 10.5 Å². The Morgan fingerprint density at radius 2 is 1.60 bits per heavy atom. The molecule has 4 rings (SSSR count). The number of benzene rings is 3. The van der Waals surface area contributed by atoms with E-state index in [0.29, 0.717) is 17.5 Å². The average Bonchev–Trinajstić information content (AvgIpc) is 2.74. The van der Waals surface area contributed by atoms with Crippen LogP contribution in [0.15, 0.2) is 83.8 Å². The molecular weight excluding hydrogens is 392 g/mol. The van der Waals surface area contributed by atoms with E-state index in [-0.39, 0.29) is 0 Å². The highest BCUT2D eigenvalue weighted by Gasteiger charge is 2.11. The van der Waals surface area contributed by atoms with Gasteiger partial charge in [-0.25, -0.2) is 4.98 Å². The summed E-state index contributed by atoms with van der Waals surface area (Å²) in [5.41, 5.74) is 10.6. The number of hydrogen-bond donors (Lipinski definition) is 2. The van der Waals surface area contributed by atoms with E-state index in [9.17, 15) is 0 Å². The van der Waals surface area contributed by atoms with Gasteiger partial charge in [-0.15, -0.1) is 0 Å². The van der Waals surface area contributed by atoms with Crippen molar-refractivity contribution in [1.29, 1.82) is 0 Å². The second-order valence-electron chi connectivity index (χ2n) is 6.87. The summed E-state index contributed by atoms with van der Waals surface area (Å²) in [6.07, 6.45) is 0. The topological polar surface area (TPSA) is 73.1 Å². The van der Waals surface area contributed by atoms with Crippen molar-refractivity contribution >= 4 is 23.6 Å². The van der Waals surface area contributed by atoms with Crippen LogP contribution in [0.4, 0.5) is 11.6 Å². The maximum absolute atomic E-state index is 6.10. The van der Waals surface area contributed by atoms with E-state index in [4.69, 9.17) is 15.5 Å². The number of para-hydroxylation sites is 1. The van der Waals surface area contributed by atoms with Gasteiger partial charge in [0.1, 0.15) is 5.75 Å². The fourth-order valence-electron chi connectivity index (χ4n) is 2.99. The van der Waals surface area contributed by atoms with Gasteiger partial charge in [0.2, 0.25) is 11.8 Å². The highest BCUT2D eigenvalue weighted by atomic mass is 32.2. The van der Waals surface area contributed by atoms with Crippen molar-refractivity contribution < 1.29 is 4.74 Å². The number of anilines is 2. The molecule has 0 atom stereocenters. The molecule has 150 valence electrons. The summed E-state index contributed by atoms with van der Waals surface area (Å²) in [5.74, 6) is 1.71. The molecule has 1 heterocycles. The molecule has 0 fully saturated rings. The Hall–Kier alpha value is -3.51. The van der Waals surface area contributed by atoms with Crippen LogP contribution in [0.3, 0.4) is 0 Å². The first-order chi connectivity index (χ1) is 14.6. The van der Waals surface area contributed by atoms with E-state index in [1.807, 2.05) is 79.7 Å². The molecule has 1 aromatic heterocycles.